The molecule has 1 aliphatic heterocycles. The van der Waals surface area contributed by atoms with E-state index in [0.29, 0.717) is 0 Å². The maximum absolute atomic E-state index is 4.74. The smallest absolute Gasteiger partial charge is 0.163 e. The van der Waals surface area contributed by atoms with Gasteiger partial charge in [0.25, 0.3) is 0 Å². The highest BCUT2D eigenvalue weighted by atomic mass is 15.0. The van der Waals surface area contributed by atoms with Gasteiger partial charge in [0, 0.05) is 11.5 Å². The van der Waals surface area contributed by atoms with Gasteiger partial charge in [-0.2, -0.15) is 4.57 Å². The van der Waals surface area contributed by atoms with E-state index >= 15 is 0 Å². The first-order valence-corrected chi connectivity index (χ1v) is 13.8. The lowest BCUT2D eigenvalue weighted by Gasteiger charge is -2.37. The van der Waals surface area contributed by atoms with Crippen LogP contribution in [0.15, 0.2) is 73.4 Å². The lowest BCUT2D eigenvalue weighted by atomic mass is 9.67. The van der Waals surface area contributed by atoms with E-state index in [-0.39, 0.29) is 10.8 Å². The molecule has 6 rings (SSSR count). The van der Waals surface area contributed by atoms with Crippen molar-refractivity contribution in [1.29, 1.82) is 0 Å². The second-order valence-corrected chi connectivity index (χ2v) is 11.4. The fourth-order valence-electron chi connectivity index (χ4n) is 7.13. The maximum Gasteiger partial charge on any atom is 0.226 e. The summed E-state index contributed by atoms with van der Waals surface area (Å²) in [6, 6.07) is 23.5. The summed E-state index contributed by atoms with van der Waals surface area (Å²) >= 11 is 0. The standard InChI is InChI=1S/C35H38N/c1-7-10-13-24-16-17-26-25(20-24)18-19-36-23(4)35(8-2,9-3)32-21-28-27-14-11-12-15-30(27)34(5,6)31(28)22-29(32)33(26)36/h11-12,14-22H,4,7-10,13H2,1-3,5-6H3/q+1. The van der Waals surface area contributed by atoms with Gasteiger partial charge >= 0.3 is 0 Å². The molecule has 2 aliphatic rings. The topological polar surface area (TPSA) is 3.88 Å². The Bertz CT molecular complexity index is 1530. The molecule has 0 saturated carbocycles. The highest BCUT2D eigenvalue weighted by molar-refractivity contribution is 5.97. The van der Waals surface area contributed by atoms with Crippen molar-refractivity contribution in [3.8, 4) is 22.4 Å². The van der Waals surface area contributed by atoms with Gasteiger partial charge in [0.05, 0.1) is 16.4 Å². The average molecular weight is 473 g/mol. The summed E-state index contributed by atoms with van der Waals surface area (Å²) in [7, 11) is 0. The van der Waals surface area contributed by atoms with E-state index in [1.54, 1.807) is 0 Å². The monoisotopic (exact) mass is 472 g/mol. The summed E-state index contributed by atoms with van der Waals surface area (Å²) in [6.07, 6.45) is 7.97. The fourth-order valence-corrected chi connectivity index (χ4v) is 7.13. The third kappa shape index (κ3) is 2.98. The summed E-state index contributed by atoms with van der Waals surface area (Å²) in [6.45, 7) is 16.4. The summed E-state index contributed by atoms with van der Waals surface area (Å²) in [5.74, 6) is 0. The molecule has 0 spiro atoms. The second kappa shape index (κ2) is 8.17. The van der Waals surface area contributed by atoms with Crippen LogP contribution in [0, 0.1) is 0 Å². The summed E-state index contributed by atoms with van der Waals surface area (Å²) in [5, 5.41) is 2.66. The summed E-state index contributed by atoms with van der Waals surface area (Å²) in [5.41, 5.74) is 12.4. The molecule has 1 aromatic heterocycles. The Morgan fingerprint density at radius 3 is 2.28 bits per heavy atom. The zero-order chi connectivity index (χ0) is 25.2. The minimum Gasteiger partial charge on any atom is -0.163 e. The molecule has 182 valence electrons. The van der Waals surface area contributed by atoms with Gasteiger partial charge < -0.3 is 0 Å². The number of pyridine rings is 1. The van der Waals surface area contributed by atoms with Crippen LogP contribution in [0.1, 0.15) is 82.6 Å². The lowest BCUT2D eigenvalue weighted by Crippen LogP contribution is -2.48. The normalized spacial score (nSPS) is 16.4. The zero-order valence-corrected chi connectivity index (χ0v) is 22.5. The molecule has 1 heteroatoms. The van der Waals surface area contributed by atoms with Crippen LogP contribution < -0.4 is 4.57 Å². The number of aromatic nitrogens is 1. The van der Waals surface area contributed by atoms with Crippen LogP contribution in [0.4, 0.5) is 0 Å². The van der Waals surface area contributed by atoms with Crippen LogP contribution in [-0.2, 0) is 17.3 Å². The Morgan fingerprint density at radius 2 is 1.53 bits per heavy atom. The molecule has 36 heavy (non-hydrogen) atoms. The van der Waals surface area contributed by atoms with Crippen LogP contribution in [0.5, 0.6) is 0 Å². The van der Waals surface area contributed by atoms with Gasteiger partial charge in [-0.05, 0) is 89.2 Å². The van der Waals surface area contributed by atoms with Crippen molar-refractivity contribution in [2.45, 2.75) is 77.6 Å². The van der Waals surface area contributed by atoms with Gasteiger partial charge in [-0.15, -0.1) is 0 Å². The van der Waals surface area contributed by atoms with Gasteiger partial charge in [-0.1, -0.05) is 77.4 Å². The second-order valence-electron chi connectivity index (χ2n) is 11.4. The van der Waals surface area contributed by atoms with Gasteiger partial charge in [0.1, 0.15) is 0 Å². The molecule has 0 unspecified atom stereocenters. The first-order valence-electron chi connectivity index (χ1n) is 13.8. The molecule has 0 amide bonds. The third-order valence-corrected chi connectivity index (χ3v) is 9.38. The maximum atomic E-state index is 4.74. The van der Waals surface area contributed by atoms with Crippen molar-refractivity contribution < 1.29 is 4.57 Å². The summed E-state index contributed by atoms with van der Waals surface area (Å²) in [4.78, 5) is 0. The van der Waals surface area contributed by atoms with E-state index in [9.17, 15) is 0 Å². The molecule has 0 radical (unpaired) electrons. The Morgan fingerprint density at radius 1 is 0.778 bits per heavy atom. The van der Waals surface area contributed by atoms with Crippen molar-refractivity contribution in [3.05, 3.63) is 95.7 Å². The molecule has 0 atom stereocenters. The van der Waals surface area contributed by atoms with E-state index in [2.05, 4.69) is 106 Å². The fraction of sp³-hybridized carbons (Fsp3) is 0.343. The Hall–Kier alpha value is -3.19. The predicted molar refractivity (Wildman–Crippen MR) is 153 cm³/mol. The number of benzene rings is 3. The third-order valence-electron chi connectivity index (χ3n) is 9.38. The highest BCUT2D eigenvalue weighted by Crippen LogP contribution is 2.55. The number of nitrogens with zero attached hydrogens (tertiary/aromatic N) is 1. The SMILES string of the molecule is C=C1[n+]2ccc3cc(CCCC)ccc3c2-c2cc3c(cc2C1(CC)CC)-c1ccccc1C3(C)C. The van der Waals surface area contributed by atoms with Gasteiger partial charge in [-0.3, -0.25) is 0 Å². The number of unbranched alkanes of at least 4 members (excludes halogenated alkanes) is 1. The number of allylic oxidation sites excluding steroid dienone is 1. The van der Waals surface area contributed by atoms with Gasteiger partial charge in [0.15, 0.2) is 11.9 Å². The number of aryl methyl sites for hydroxylation is 1. The van der Waals surface area contributed by atoms with E-state index in [1.807, 2.05) is 0 Å². The van der Waals surface area contributed by atoms with Crippen LogP contribution in [0.2, 0.25) is 0 Å². The number of hydrogen-bond acceptors (Lipinski definition) is 0. The van der Waals surface area contributed by atoms with Crippen molar-refractivity contribution in [1.82, 2.24) is 0 Å². The van der Waals surface area contributed by atoms with Crippen molar-refractivity contribution in [2.24, 2.45) is 0 Å². The molecule has 0 saturated heterocycles. The van der Waals surface area contributed by atoms with E-state index in [4.69, 9.17) is 6.58 Å². The largest absolute Gasteiger partial charge is 0.226 e. The van der Waals surface area contributed by atoms with Crippen LogP contribution in [0.25, 0.3) is 38.9 Å². The number of fused-ring (bicyclic) bond motifs is 8. The van der Waals surface area contributed by atoms with Crippen LogP contribution in [0.3, 0.4) is 0 Å². The van der Waals surface area contributed by atoms with Crippen LogP contribution in [-0.4, -0.2) is 0 Å². The summed E-state index contributed by atoms with van der Waals surface area (Å²) < 4.78 is 2.41. The minimum atomic E-state index is -0.0710. The van der Waals surface area contributed by atoms with Crippen molar-refractivity contribution >= 4 is 16.5 Å². The molecule has 0 N–H and O–H groups in total. The lowest BCUT2D eigenvalue weighted by molar-refractivity contribution is -0.576. The zero-order valence-electron chi connectivity index (χ0n) is 22.5. The molecule has 0 fully saturated rings. The van der Waals surface area contributed by atoms with Crippen molar-refractivity contribution in [2.75, 3.05) is 0 Å². The quantitative estimate of drug-likeness (QED) is 0.255. The first kappa shape index (κ1) is 23.2. The first-order chi connectivity index (χ1) is 17.4. The molecule has 1 nitrogen and oxygen atoms in total. The van der Waals surface area contributed by atoms with Gasteiger partial charge in [-0.25, -0.2) is 0 Å². The molecule has 2 heterocycles. The number of hydrogen-bond donors (Lipinski definition) is 0. The Kier molecular flexibility index (Phi) is 5.27. The molecular weight excluding hydrogens is 434 g/mol. The number of rotatable bonds is 5. The molecule has 4 aromatic rings. The van der Waals surface area contributed by atoms with E-state index in [1.165, 1.54) is 73.9 Å². The minimum absolute atomic E-state index is 0.0146. The van der Waals surface area contributed by atoms with Crippen LogP contribution >= 0.6 is 0 Å². The molecular formula is C35H38N+. The molecule has 0 bridgehead atoms. The predicted octanol–water partition coefficient (Wildman–Crippen LogP) is 8.99. The Labute approximate surface area is 216 Å². The molecule has 3 aromatic carbocycles. The Balaban J connectivity index is 1.68. The average Bonchev–Trinajstić information content (AvgIpc) is 3.13. The highest BCUT2D eigenvalue weighted by Gasteiger charge is 2.48. The molecule has 1 aliphatic carbocycles. The van der Waals surface area contributed by atoms with E-state index < -0.39 is 0 Å². The van der Waals surface area contributed by atoms with Gasteiger partial charge in [0.2, 0.25) is 5.69 Å². The van der Waals surface area contributed by atoms with Crippen molar-refractivity contribution in [3.63, 3.8) is 0 Å². The van der Waals surface area contributed by atoms with E-state index in [0.717, 1.165) is 19.3 Å².